The van der Waals surface area contributed by atoms with Crippen LogP contribution in [-0.4, -0.2) is 16.7 Å². The Balaban J connectivity index is 1.68. The Morgan fingerprint density at radius 3 is 2.70 bits per heavy atom. The first-order chi connectivity index (χ1) is 12.9. The van der Waals surface area contributed by atoms with Gasteiger partial charge in [0.1, 0.15) is 11.1 Å². The summed E-state index contributed by atoms with van der Waals surface area (Å²) in [7, 11) is 0. The van der Waals surface area contributed by atoms with Gasteiger partial charge in [0.15, 0.2) is 0 Å². The molecule has 3 rings (SSSR count). The summed E-state index contributed by atoms with van der Waals surface area (Å²) in [4.78, 5) is 34.5. The van der Waals surface area contributed by atoms with Crippen LogP contribution in [-0.2, 0) is 11.2 Å². The van der Waals surface area contributed by atoms with Gasteiger partial charge in [0, 0.05) is 22.0 Å². The zero-order valence-corrected chi connectivity index (χ0v) is 14.9. The van der Waals surface area contributed by atoms with Crippen molar-refractivity contribution in [2.45, 2.75) is 13.3 Å². The highest BCUT2D eigenvalue weighted by Gasteiger charge is 2.20. The van der Waals surface area contributed by atoms with Crippen LogP contribution < -0.4 is 10.9 Å². The summed E-state index contributed by atoms with van der Waals surface area (Å²) in [6, 6.07) is 8.94. The van der Waals surface area contributed by atoms with Crippen LogP contribution in [0.25, 0.3) is 11.0 Å². The summed E-state index contributed by atoms with van der Waals surface area (Å²) in [6.07, 6.45) is 1.38. The molecule has 0 atom stereocenters. The Labute approximate surface area is 158 Å². The summed E-state index contributed by atoms with van der Waals surface area (Å²) in [5.74, 6) is -1.30. The molecule has 8 nitrogen and oxygen atoms in total. The van der Waals surface area contributed by atoms with Gasteiger partial charge in [0.25, 0.3) is 11.6 Å². The van der Waals surface area contributed by atoms with Crippen molar-refractivity contribution in [3.63, 3.8) is 0 Å². The number of hydrogen-bond acceptors (Lipinski definition) is 5. The molecule has 0 bridgehead atoms. The van der Waals surface area contributed by atoms with Gasteiger partial charge in [-0.25, -0.2) is 0 Å². The predicted octanol–water partition coefficient (Wildman–Crippen LogP) is 3.31. The van der Waals surface area contributed by atoms with Crippen LogP contribution in [0, 0.1) is 17.0 Å². The van der Waals surface area contributed by atoms with Gasteiger partial charge < -0.3 is 4.42 Å². The number of carbonyl (C=O) groups is 2. The van der Waals surface area contributed by atoms with E-state index >= 15 is 0 Å². The van der Waals surface area contributed by atoms with Crippen LogP contribution in [0.3, 0.4) is 0 Å². The van der Waals surface area contributed by atoms with Crippen molar-refractivity contribution in [2.75, 3.05) is 0 Å². The molecule has 0 fully saturated rings. The first-order valence-corrected chi connectivity index (χ1v) is 8.23. The van der Waals surface area contributed by atoms with E-state index in [0.717, 1.165) is 5.56 Å². The van der Waals surface area contributed by atoms with Crippen molar-refractivity contribution in [3.05, 3.63) is 74.5 Å². The molecule has 0 aliphatic carbocycles. The fourth-order valence-corrected chi connectivity index (χ4v) is 2.74. The number of nitrogens with one attached hydrogen (secondary N) is 2. The third-order valence-corrected chi connectivity index (χ3v) is 4.35. The Bertz CT molecular complexity index is 1060. The number of amides is 2. The largest absolute Gasteiger partial charge is 0.464 e. The van der Waals surface area contributed by atoms with Crippen LogP contribution >= 0.6 is 11.6 Å². The highest BCUT2D eigenvalue weighted by Crippen LogP contribution is 2.27. The van der Waals surface area contributed by atoms with E-state index in [-0.39, 0.29) is 17.7 Å². The maximum atomic E-state index is 12.1. The van der Waals surface area contributed by atoms with E-state index in [2.05, 4.69) is 10.9 Å². The van der Waals surface area contributed by atoms with Crippen LogP contribution in [0.2, 0.25) is 5.02 Å². The molecular formula is C18H14ClN3O5. The first-order valence-electron chi connectivity index (χ1n) is 7.85. The Morgan fingerprint density at radius 1 is 1.22 bits per heavy atom. The van der Waals surface area contributed by atoms with Gasteiger partial charge in [-0.3, -0.25) is 30.6 Å². The summed E-state index contributed by atoms with van der Waals surface area (Å²) in [6.45, 7) is 1.84. The molecule has 2 N–H and O–H groups in total. The molecule has 2 amide bonds. The summed E-state index contributed by atoms with van der Waals surface area (Å²) in [5, 5.41) is 12.2. The molecule has 9 heteroatoms. The predicted molar refractivity (Wildman–Crippen MR) is 98.4 cm³/mol. The number of nitro benzene ring substituents is 1. The average Bonchev–Trinajstić information content (AvgIpc) is 3.01. The van der Waals surface area contributed by atoms with Gasteiger partial charge >= 0.3 is 0 Å². The van der Waals surface area contributed by atoms with E-state index in [9.17, 15) is 19.7 Å². The Morgan fingerprint density at radius 2 is 1.96 bits per heavy atom. The van der Waals surface area contributed by atoms with Crippen LogP contribution in [0.5, 0.6) is 0 Å². The third kappa shape index (κ3) is 3.90. The molecule has 0 unspecified atom stereocenters. The highest BCUT2D eigenvalue weighted by atomic mass is 35.5. The molecule has 0 aliphatic rings. The zero-order chi connectivity index (χ0) is 19.6. The van der Waals surface area contributed by atoms with Crippen molar-refractivity contribution in [2.24, 2.45) is 0 Å². The molecule has 138 valence electrons. The smallest absolute Gasteiger partial charge is 0.282 e. The van der Waals surface area contributed by atoms with Crippen LogP contribution in [0.4, 0.5) is 5.69 Å². The average molecular weight is 388 g/mol. The van der Waals surface area contributed by atoms with E-state index in [0.29, 0.717) is 21.6 Å². The van der Waals surface area contributed by atoms with E-state index in [4.69, 9.17) is 16.0 Å². The van der Waals surface area contributed by atoms with Gasteiger partial charge in [-0.15, -0.1) is 0 Å². The number of hydrazine groups is 1. The number of carbonyl (C=O) groups excluding carboxylic acids is 2. The fourth-order valence-electron chi connectivity index (χ4n) is 2.57. The Hall–Kier alpha value is -3.39. The molecular weight excluding hydrogens is 374 g/mol. The van der Waals surface area contributed by atoms with Crippen molar-refractivity contribution in [3.8, 4) is 0 Å². The quantitative estimate of drug-likeness (QED) is 0.526. The number of aryl methyl sites for hydroxylation is 1. The molecule has 2 aromatic carbocycles. The molecule has 1 aromatic heterocycles. The van der Waals surface area contributed by atoms with Crippen molar-refractivity contribution >= 4 is 40.1 Å². The standard InChI is InChI=1S/C18H14ClN3O5/c1-10-6-16-13(8-14(10)19)11(9-27-16)7-17(23)20-21-18(24)12-4-2-3-5-15(12)22(25)26/h2-6,8-9H,7H2,1H3,(H,20,23)(H,21,24). The SMILES string of the molecule is Cc1cc2occ(CC(=O)NNC(=O)c3ccccc3[N+](=O)[O-])c2cc1Cl. The molecule has 0 saturated heterocycles. The molecule has 3 aromatic rings. The van der Waals surface area contributed by atoms with E-state index in [1.807, 2.05) is 6.92 Å². The fraction of sp³-hybridized carbons (Fsp3) is 0.111. The minimum absolute atomic E-state index is 0.0659. The van der Waals surface area contributed by atoms with Gasteiger partial charge in [-0.1, -0.05) is 23.7 Å². The number of para-hydroxylation sites is 1. The number of furan rings is 1. The lowest BCUT2D eigenvalue weighted by Gasteiger charge is -2.07. The van der Waals surface area contributed by atoms with Gasteiger partial charge in [0.05, 0.1) is 17.6 Å². The number of fused-ring (bicyclic) bond motifs is 1. The number of nitro groups is 1. The molecule has 0 spiro atoms. The van der Waals surface area contributed by atoms with Crippen LogP contribution in [0.15, 0.2) is 47.1 Å². The van der Waals surface area contributed by atoms with Crippen molar-refractivity contribution in [1.29, 1.82) is 0 Å². The van der Waals surface area contributed by atoms with Gasteiger partial charge in [-0.05, 0) is 30.7 Å². The topological polar surface area (TPSA) is 114 Å². The molecule has 1 heterocycles. The minimum atomic E-state index is -0.786. The highest BCUT2D eigenvalue weighted by molar-refractivity contribution is 6.32. The summed E-state index contributed by atoms with van der Waals surface area (Å²) in [5.41, 5.74) is 5.96. The lowest BCUT2D eigenvalue weighted by Crippen LogP contribution is -2.42. The van der Waals surface area contributed by atoms with Gasteiger partial charge in [0.2, 0.25) is 5.91 Å². The number of rotatable bonds is 4. The number of nitrogens with zero attached hydrogens (tertiary/aromatic N) is 1. The maximum Gasteiger partial charge on any atom is 0.282 e. The van der Waals surface area contributed by atoms with E-state index in [1.165, 1.54) is 30.5 Å². The second kappa shape index (κ2) is 7.46. The second-order valence-electron chi connectivity index (χ2n) is 5.81. The molecule has 27 heavy (non-hydrogen) atoms. The lowest BCUT2D eigenvalue weighted by molar-refractivity contribution is -0.385. The van der Waals surface area contributed by atoms with E-state index < -0.39 is 16.7 Å². The van der Waals surface area contributed by atoms with Crippen molar-refractivity contribution in [1.82, 2.24) is 10.9 Å². The van der Waals surface area contributed by atoms with Crippen LogP contribution in [0.1, 0.15) is 21.5 Å². The number of benzene rings is 2. The number of hydrogen-bond donors (Lipinski definition) is 2. The zero-order valence-electron chi connectivity index (χ0n) is 14.1. The second-order valence-corrected chi connectivity index (χ2v) is 6.22. The van der Waals surface area contributed by atoms with E-state index in [1.54, 1.807) is 12.1 Å². The first kappa shape index (κ1) is 18.4. The maximum absolute atomic E-state index is 12.1. The third-order valence-electron chi connectivity index (χ3n) is 3.95. The molecule has 0 saturated carbocycles. The lowest BCUT2D eigenvalue weighted by atomic mass is 10.1. The molecule has 0 radical (unpaired) electrons. The monoisotopic (exact) mass is 387 g/mol. The molecule has 0 aliphatic heterocycles. The Kier molecular flexibility index (Phi) is 5.09. The number of halogens is 1. The van der Waals surface area contributed by atoms with Crippen molar-refractivity contribution < 1.29 is 18.9 Å². The normalized spacial score (nSPS) is 10.6. The summed E-state index contributed by atoms with van der Waals surface area (Å²) >= 11 is 6.11. The minimum Gasteiger partial charge on any atom is -0.464 e. The van der Waals surface area contributed by atoms with Gasteiger partial charge in [-0.2, -0.15) is 0 Å². The summed E-state index contributed by atoms with van der Waals surface area (Å²) < 4.78 is 5.42.